The molecule has 0 saturated heterocycles. The highest BCUT2D eigenvalue weighted by molar-refractivity contribution is 6.11. The van der Waals surface area contributed by atoms with Gasteiger partial charge >= 0.3 is 5.97 Å². The quantitative estimate of drug-likeness (QED) is 0.497. The Morgan fingerprint density at radius 3 is 2.67 bits per heavy atom. The van der Waals surface area contributed by atoms with Gasteiger partial charge < -0.3 is 13.9 Å². The van der Waals surface area contributed by atoms with Crippen LogP contribution in [-0.2, 0) is 16.1 Å². The number of esters is 1. The van der Waals surface area contributed by atoms with Crippen LogP contribution in [0.25, 0.3) is 6.08 Å². The molecule has 0 aliphatic carbocycles. The molecule has 2 aromatic carbocycles. The van der Waals surface area contributed by atoms with Crippen LogP contribution >= 0.6 is 0 Å². The average molecular weight is 359 g/mol. The smallest absolute Gasteiger partial charge is 0.363 e. The number of carbonyl (C=O) groups excluding carboxylic acids is 1. The maximum absolute atomic E-state index is 12.0. The molecule has 4 rings (SSSR count). The molecule has 134 valence electrons. The Kier molecular flexibility index (Phi) is 4.58. The Hall–Kier alpha value is -3.60. The summed E-state index contributed by atoms with van der Waals surface area (Å²) in [5.41, 5.74) is 3.38. The maximum atomic E-state index is 12.0. The van der Waals surface area contributed by atoms with Gasteiger partial charge in [-0.15, -0.1) is 0 Å². The van der Waals surface area contributed by atoms with Crippen molar-refractivity contribution in [3.8, 4) is 5.75 Å². The number of nitrogens with zero attached hydrogens (tertiary/aromatic N) is 1. The van der Waals surface area contributed by atoms with Gasteiger partial charge in [0.15, 0.2) is 11.5 Å². The third-order valence-electron chi connectivity index (χ3n) is 4.02. The normalized spacial score (nSPS) is 14.9. The fraction of sp³-hybridized carbons (Fsp3) is 0.0909. The number of furan rings is 1. The van der Waals surface area contributed by atoms with Crippen molar-refractivity contribution < 1.29 is 18.7 Å². The molecule has 0 saturated carbocycles. The van der Waals surface area contributed by atoms with E-state index in [1.807, 2.05) is 36.4 Å². The van der Waals surface area contributed by atoms with Gasteiger partial charge in [-0.3, -0.25) is 0 Å². The Labute approximate surface area is 156 Å². The highest BCUT2D eigenvalue weighted by atomic mass is 16.6. The molecule has 0 bridgehead atoms. The lowest BCUT2D eigenvalue weighted by atomic mass is 10.1. The minimum Gasteiger partial charge on any atom is -0.489 e. The Balaban J connectivity index is 1.44. The minimum absolute atomic E-state index is 0.175. The lowest BCUT2D eigenvalue weighted by molar-refractivity contribution is -0.130. The summed E-state index contributed by atoms with van der Waals surface area (Å²) in [6, 6.07) is 19.1. The second kappa shape index (κ2) is 7.33. The number of cyclic esters (lactones) is 1. The number of ether oxygens (including phenoxy) is 2. The van der Waals surface area contributed by atoms with Crippen LogP contribution in [0.4, 0.5) is 0 Å². The molecule has 0 amide bonds. The minimum atomic E-state index is -0.499. The van der Waals surface area contributed by atoms with Crippen LogP contribution in [0.1, 0.15) is 22.5 Å². The van der Waals surface area contributed by atoms with E-state index in [1.165, 1.54) is 11.8 Å². The molecule has 5 heteroatoms. The molecule has 0 unspecified atom stereocenters. The molecular weight excluding hydrogens is 342 g/mol. The van der Waals surface area contributed by atoms with Crippen LogP contribution in [0.15, 0.2) is 82.0 Å². The van der Waals surface area contributed by atoms with E-state index in [9.17, 15) is 4.79 Å². The summed E-state index contributed by atoms with van der Waals surface area (Å²) >= 11 is 0. The average Bonchev–Trinajstić information content (AvgIpc) is 3.32. The van der Waals surface area contributed by atoms with E-state index in [0.717, 1.165) is 16.9 Å². The third kappa shape index (κ3) is 3.98. The van der Waals surface area contributed by atoms with Gasteiger partial charge in [-0.05, 0) is 48.4 Å². The van der Waals surface area contributed by atoms with Crippen LogP contribution < -0.4 is 4.74 Å². The summed E-state index contributed by atoms with van der Waals surface area (Å²) in [6.07, 6.45) is 3.17. The largest absolute Gasteiger partial charge is 0.489 e. The fourth-order valence-electron chi connectivity index (χ4n) is 2.70. The van der Waals surface area contributed by atoms with Crippen LogP contribution in [0.5, 0.6) is 5.75 Å². The van der Waals surface area contributed by atoms with Crippen molar-refractivity contribution in [1.82, 2.24) is 0 Å². The van der Waals surface area contributed by atoms with E-state index < -0.39 is 5.97 Å². The van der Waals surface area contributed by atoms with E-state index in [-0.39, 0.29) is 11.6 Å². The molecular formula is C22H17NO4. The SMILES string of the molecule is Cc1cccc(COc2ccc(/C=C3\N=C(c4ccco4)OC3=O)cc2)c1. The second-order valence-electron chi connectivity index (χ2n) is 6.16. The van der Waals surface area contributed by atoms with Crippen molar-refractivity contribution in [3.63, 3.8) is 0 Å². The lowest BCUT2D eigenvalue weighted by Gasteiger charge is -2.07. The molecule has 0 radical (unpaired) electrons. The predicted molar refractivity (Wildman–Crippen MR) is 101 cm³/mol. The van der Waals surface area contributed by atoms with Gasteiger partial charge in [-0.25, -0.2) is 9.79 Å². The van der Waals surface area contributed by atoms with Gasteiger partial charge in [0, 0.05) is 0 Å². The van der Waals surface area contributed by atoms with Crippen LogP contribution in [-0.4, -0.2) is 11.9 Å². The van der Waals surface area contributed by atoms with Gasteiger partial charge in [0.05, 0.1) is 6.26 Å². The molecule has 1 aromatic heterocycles. The summed E-state index contributed by atoms with van der Waals surface area (Å²) in [5.74, 6) is 0.856. The first-order chi connectivity index (χ1) is 13.2. The zero-order valence-electron chi connectivity index (χ0n) is 14.7. The van der Waals surface area contributed by atoms with Gasteiger partial charge in [0.25, 0.3) is 5.90 Å². The number of hydrogen-bond acceptors (Lipinski definition) is 5. The number of aliphatic imine (C=N–C) groups is 1. The van der Waals surface area contributed by atoms with Gasteiger partial charge in [-0.1, -0.05) is 42.0 Å². The Morgan fingerprint density at radius 1 is 1.07 bits per heavy atom. The summed E-state index contributed by atoms with van der Waals surface area (Å²) in [5, 5.41) is 0. The molecule has 3 aromatic rings. The number of rotatable bonds is 5. The number of benzene rings is 2. The zero-order chi connectivity index (χ0) is 18.6. The van der Waals surface area contributed by atoms with Crippen molar-refractivity contribution in [2.45, 2.75) is 13.5 Å². The molecule has 0 N–H and O–H groups in total. The monoisotopic (exact) mass is 359 g/mol. The fourth-order valence-corrected chi connectivity index (χ4v) is 2.70. The van der Waals surface area contributed by atoms with E-state index >= 15 is 0 Å². The predicted octanol–water partition coefficient (Wildman–Crippen LogP) is 4.51. The maximum Gasteiger partial charge on any atom is 0.363 e. The van der Waals surface area contributed by atoms with E-state index in [0.29, 0.717) is 12.4 Å². The van der Waals surface area contributed by atoms with Crippen molar-refractivity contribution in [2.75, 3.05) is 0 Å². The topological polar surface area (TPSA) is 61.0 Å². The van der Waals surface area contributed by atoms with Gasteiger partial charge in [-0.2, -0.15) is 0 Å². The lowest BCUT2D eigenvalue weighted by Crippen LogP contribution is -2.04. The third-order valence-corrected chi connectivity index (χ3v) is 4.02. The molecule has 2 heterocycles. The Morgan fingerprint density at radius 2 is 1.93 bits per heavy atom. The molecule has 5 nitrogen and oxygen atoms in total. The van der Waals surface area contributed by atoms with Crippen molar-refractivity contribution in [3.05, 3.63) is 95.1 Å². The first kappa shape index (κ1) is 16.8. The number of hydrogen-bond donors (Lipinski definition) is 0. The highest BCUT2D eigenvalue weighted by Crippen LogP contribution is 2.21. The van der Waals surface area contributed by atoms with E-state index in [4.69, 9.17) is 13.9 Å². The molecule has 0 fully saturated rings. The van der Waals surface area contributed by atoms with E-state index in [1.54, 1.807) is 18.2 Å². The van der Waals surface area contributed by atoms with E-state index in [2.05, 4.69) is 24.0 Å². The summed E-state index contributed by atoms with van der Waals surface area (Å²) < 4.78 is 16.1. The number of carbonyl (C=O) groups is 1. The molecule has 0 spiro atoms. The van der Waals surface area contributed by atoms with Crippen molar-refractivity contribution in [1.29, 1.82) is 0 Å². The molecule has 27 heavy (non-hydrogen) atoms. The van der Waals surface area contributed by atoms with Crippen molar-refractivity contribution >= 4 is 17.9 Å². The first-order valence-corrected chi connectivity index (χ1v) is 8.52. The molecule has 1 aliphatic rings. The van der Waals surface area contributed by atoms with Crippen LogP contribution in [0.3, 0.4) is 0 Å². The number of aryl methyl sites for hydroxylation is 1. The van der Waals surface area contributed by atoms with Gasteiger partial charge in [0.2, 0.25) is 0 Å². The first-order valence-electron chi connectivity index (χ1n) is 8.52. The zero-order valence-corrected chi connectivity index (χ0v) is 14.7. The molecule has 0 atom stereocenters. The second-order valence-corrected chi connectivity index (χ2v) is 6.16. The highest BCUT2D eigenvalue weighted by Gasteiger charge is 2.25. The molecule has 1 aliphatic heterocycles. The van der Waals surface area contributed by atoms with Crippen molar-refractivity contribution in [2.24, 2.45) is 4.99 Å². The summed E-state index contributed by atoms with van der Waals surface area (Å²) in [6.45, 7) is 2.56. The van der Waals surface area contributed by atoms with Crippen LogP contribution in [0.2, 0.25) is 0 Å². The van der Waals surface area contributed by atoms with Gasteiger partial charge in [0.1, 0.15) is 12.4 Å². The standard InChI is InChI=1S/C22H17NO4/c1-15-4-2-5-17(12-15)14-26-18-9-7-16(8-10-18)13-19-22(24)27-21(23-19)20-6-3-11-25-20/h2-13H,14H2,1H3/b19-13-. The Bertz CT molecular complexity index is 1010. The summed E-state index contributed by atoms with van der Waals surface area (Å²) in [7, 11) is 0. The summed E-state index contributed by atoms with van der Waals surface area (Å²) in [4.78, 5) is 16.2. The van der Waals surface area contributed by atoms with Crippen LogP contribution in [0, 0.1) is 6.92 Å².